The molecule has 0 radical (unpaired) electrons. The maximum absolute atomic E-state index is 6.10. The summed E-state index contributed by atoms with van der Waals surface area (Å²) in [6.07, 6.45) is 7.41. The van der Waals surface area contributed by atoms with Gasteiger partial charge in [0.1, 0.15) is 11.9 Å². The van der Waals surface area contributed by atoms with Crippen molar-refractivity contribution >= 4 is 0 Å². The van der Waals surface area contributed by atoms with E-state index >= 15 is 0 Å². The van der Waals surface area contributed by atoms with Crippen molar-refractivity contribution in [3.63, 3.8) is 0 Å². The zero-order chi connectivity index (χ0) is 14.6. The van der Waals surface area contributed by atoms with E-state index in [1.54, 1.807) is 0 Å². The van der Waals surface area contributed by atoms with Crippen LogP contribution in [0.1, 0.15) is 58.4 Å². The van der Waals surface area contributed by atoms with E-state index in [1.165, 1.54) is 31.2 Å². The monoisotopic (exact) mass is 277 g/mol. The lowest BCUT2D eigenvalue weighted by Crippen LogP contribution is -2.31. The summed E-state index contributed by atoms with van der Waals surface area (Å²) in [6, 6.07) is 8.64. The minimum absolute atomic E-state index is 0.285. The second-order valence-corrected chi connectivity index (χ2v) is 5.48. The van der Waals surface area contributed by atoms with Crippen molar-refractivity contribution in [1.82, 2.24) is 5.32 Å². The van der Waals surface area contributed by atoms with Crippen LogP contribution in [-0.2, 0) is 6.42 Å². The summed E-state index contributed by atoms with van der Waals surface area (Å²) in [6.45, 7) is 8.65. The van der Waals surface area contributed by atoms with Crippen molar-refractivity contribution in [3.8, 4) is 5.75 Å². The Labute approximate surface area is 124 Å². The average Bonchev–Trinajstić information content (AvgIpc) is 2.47. The molecule has 114 valence electrons. The molecule has 0 aromatic heterocycles. The van der Waals surface area contributed by atoms with Crippen LogP contribution in [0.3, 0.4) is 0 Å². The fourth-order valence-corrected chi connectivity index (χ4v) is 2.27. The fourth-order valence-electron chi connectivity index (χ4n) is 2.27. The lowest BCUT2D eigenvalue weighted by atomic mass is 10.1. The molecule has 0 heterocycles. The molecule has 0 bridgehead atoms. The van der Waals surface area contributed by atoms with E-state index in [1.807, 2.05) is 0 Å². The van der Waals surface area contributed by atoms with Gasteiger partial charge < -0.3 is 10.1 Å². The number of nitrogens with one attached hydrogen (secondary N) is 1. The van der Waals surface area contributed by atoms with Gasteiger partial charge in [-0.05, 0) is 49.9 Å². The van der Waals surface area contributed by atoms with E-state index in [2.05, 4.69) is 50.4 Å². The summed E-state index contributed by atoms with van der Waals surface area (Å²) < 4.78 is 6.10. The summed E-state index contributed by atoms with van der Waals surface area (Å²) in [5.74, 6) is 1.00. The maximum atomic E-state index is 6.10. The first-order valence-electron chi connectivity index (χ1n) is 8.26. The first-order valence-corrected chi connectivity index (χ1v) is 8.26. The van der Waals surface area contributed by atoms with Crippen molar-refractivity contribution in [2.24, 2.45) is 0 Å². The van der Waals surface area contributed by atoms with Gasteiger partial charge in [0.05, 0.1) is 0 Å². The molecule has 0 fully saturated rings. The summed E-state index contributed by atoms with van der Waals surface area (Å²) in [7, 11) is 0. The van der Waals surface area contributed by atoms with Crippen LogP contribution >= 0.6 is 0 Å². The van der Waals surface area contributed by atoms with E-state index in [9.17, 15) is 0 Å². The molecular formula is C18H31NO. The van der Waals surface area contributed by atoms with Crippen LogP contribution in [0, 0.1) is 0 Å². The van der Waals surface area contributed by atoms with Gasteiger partial charge in [-0.1, -0.05) is 45.7 Å². The molecule has 0 saturated carbocycles. The summed E-state index contributed by atoms with van der Waals surface area (Å²) in [5.41, 5.74) is 1.41. The molecule has 2 heteroatoms. The Morgan fingerprint density at radius 2 is 1.75 bits per heavy atom. The molecule has 20 heavy (non-hydrogen) atoms. The van der Waals surface area contributed by atoms with Crippen LogP contribution < -0.4 is 10.1 Å². The maximum Gasteiger partial charge on any atom is 0.119 e. The topological polar surface area (TPSA) is 21.3 Å². The van der Waals surface area contributed by atoms with Gasteiger partial charge in [0.15, 0.2) is 0 Å². The van der Waals surface area contributed by atoms with Crippen LogP contribution in [-0.4, -0.2) is 19.2 Å². The molecule has 0 aliphatic heterocycles. The molecule has 0 aliphatic rings. The lowest BCUT2D eigenvalue weighted by molar-refractivity contribution is 0.186. The quantitative estimate of drug-likeness (QED) is 0.598. The van der Waals surface area contributed by atoms with Crippen molar-refractivity contribution in [2.75, 3.05) is 13.1 Å². The van der Waals surface area contributed by atoms with Gasteiger partial charge in [0.2, 0.25) is 0 Å². The Bertz CT molecular complexity index is 334. The Morgan fingerprint density at radius 3 is 2.35 bits per heavy atom. The number of hydrogen-bond donors (Lipinski definition) is 1. The third kappa shape index (κ3) is 6.95. The summed E-state index contributed by atoms with van der Waals surface area (Å²) >= 11 is 0. The Balaban J connectivity index is 2.45. The molecule has 0 spiro atoms. The lowest BCUT2D eigenvalue weighted by Gasteiger charge is -2.19. The van der Waals surface area contributed by atoms with Crippen LogP contribution in [0.15, 0.2) is 24.3 Å². The molecule has 1 aromatic carbocycles. The van der Waals surface area contributed by atoms with E-state index in [0.29, 0.717) is 0 Å². The first kappa shape index (κ1) is 17.0. The highest BCUT2D eigenvalue weighted by atomic mass is 16.5. The molecule has 1 N–H and O–H groups in total. The number of benzene rings is 1. The highest BCUT2D eigenvalue weighted by Gasteiger charge is 2.09. The van der Waals surface area contributed by atoms with Gasteiger partial charge in [-0.15, -0.1) is 0 Å². The van der Waals surface area contributed by atoms with Gasteiger partial charge in [-0.3, -0.25) is 0 Å². The van der Waals surface area contributed by atoms with Gasteiger partial charge in [0.25, 0.3) is 0 Å². The number of aryl methyl sites for hydroxylation is 1. The minimum atomic E-state index is 0.285. The SMILES string of the molecule is CCCCc1ccc(OC(CCC)CNCCC)cc1. The summed E-state index contributed by atoms with van der Waals surface area (Å²) in [4.78, 5) is 0. The van der Waals surface area contributed by atoms with Gasteiger partial charge in [-0.2, -0.15) is 0 Å². The van der Waals surface area contributed by atoms with Crippen LogP contribution in [0.2, 0.25) is 0 Å². The second-order valence-electron chi connectivity index (χ2n) is 5.48. The Morgan fingerprint density at radius 1 is 1.00 bits per heavy atom. The van der Waals surface area contributed by atoms with Crippen LogP contribution in [0.4, 0.5) is 0 Å². The number of hydrogen-bond acceptors (Lipinski definition) is 2. The van der Waals surface area contributed by atoms with Gasteiger partial charge in [-0.25, -0.2) is 0 Å². The number of unbranched alkanes of at least 4 members (excludes halogenated alkanes) is 1. The molecule has 0 aliphatic carbocycles. The highest BCUT2D eigenvalue weighted by Crippen LogP contribution is 2.16. The van der Waals surface area contributed by atoms with E-state index in [-0.39, 0.29) is 6.10 Å². The Kier molecular flexibility index (Phi) is 9.14. The zero-order valence-corrected chi connectivity index (χ0v) is 13.5. The average molecular weight is 277 g/mol. The van der Waals surface area contributed by atoms with Crippen LogP contribution in [0.5, 0.6) is 5.75 Å². The largest absolute Gasteiger partial charge is 0.489 e. The smallest absolute Gasteiger partial charge is 0.119 e. The molecule has 0 amide bonds. The third-order valence-electron chi connectivity index (χ3n) is 3.45. The fraction of sp³-hybridized carbons (Fsp3) is 0.667. The van der Waals surface area contributed by atoms with E-state index < -0.39 is 0 Å². The highest BCUT2D eigenvalue weighted by molar-refractivity contribution is 5.27. The molecule has 1 unspecified atom stereocenters. The van der Waals surface area contributed by atoms with Crippen molar-refractivity contribution in [2.45, 2.75) is 65.4 Å². The van der Waals surface area contributed by atoms with Crippen molar-refractivity contribution in [1.29, 1.82) is 0 Å². The second kappa shape index (κ2) is 10.7. The Hall–Kier alpha value is -1.02. The van der Waals surface area contributed by atoms with E-state index in [0.717, 1.165) is 31.7 Å². The van der Waals surface area contributed by atoms with Gasteiger partial charge >= 0.3 is 0 Å². The zero-order valence-electron chi connectivity index (χ0n) is 13.5. The molecule has 0 saturated heterocycles. The molecule has 1 aromatic rings. The molecule has 1 atom stereocenters. The first-order chi connectivity index (χ1) is 9.80. The standard InChI is InChI=1S/C18H31NO/c1-4-7-9-16-10-12-17(13-11-16)20-18(8-5-2)15-19-14-6-3/h10-13,18-19H,4-9,14-15H2,1-3H3. The van der Waals surface area contributed by atoms with Gasteiger partial charge in [0, 0.05) is 6.54 Å². The predicted molar refractivity (Wildman–Crippen MR) is 87.5 cm³/mol. The minimum Gasteiger partial charge on any atom is -0.489 e. The summed E-state index contributed by atoms with van der Waals surface area (Å²) in [5, 5.41) is 3.45. The number of rotatable bonds is 11. The molecular weight excluding hydrogens is 246 g/mol. The van der Waals surface area contributed by atoms with E-state index in [4.69, 9.17) is 4.74 Å². The predicted octanol–water partition coefficient (Wildman–Crippen LogP) is 4.58. The normalized spacial score (nSPS) is 12.3. The van der Waals surface area contributed by atoms with Crippen LogP contribution in [0.25, 0.3) is 0 Å². The van der Waals surface area contributed by atoms with Crippen molar-refractivity contribution in [3.05, 3.63) is 29.8 Å². The molecule has 2 nitrogen and oxygen atoms in total. The third-order valence-corrected chi connectivity index (χ3v) is 3.45. The molecule has 1 rings (SSSR count). The number of ether oxygens (including phenoxy) is 1. The van der Waals surface area contributed by atoms with Crippen molar-refractivity contribution < 1.29 is 4.74 Å².